The molecule has 0 heterocycles. The van der Waals surface area contributed by atoms with Crippen molar-refractivity contribution in [2.24, 2.45) is 5.73 Å². The lowest BCUT2D eigenvalue weighted by Gasteiger charge is -2.22. The molecule has 1 aromatic rings. The molecule has 0 spiro atoms. The van der Waals surface area contributed by atoms with Gasteiger partial charge < -0.3 is 16.2 Å². The summed E-state index contributed by atoms with van der Waals surface area (Å²) in [5, 5.41) is 11.7. The number of carboxylic acid groups (broad SMARTS) is 1. The number of rotatable bonds is 4. The summed E-state index contributed by atoms with van der Waals surface area (Å²) in [6.07, 6.45) is 4.24. The number of aromatic carboxylic acids is 1. The predicted molar refractivity (Wildman–Crippen MR) is 76.8 cm³/mol. The molecular formula is C15H20N2O3. The number of nitrogens with one attached hydrogen (secondary N) is 1. The maximum absolute atomic E-state index is 12.0. The first-order chi connectivity index (χ1) is 9.39. The topological polar surface area (TPSA) is 92.4 Å². The van der Waals surface area contributed by atoms with E-state index in [0.717, 1.165) is 25.7 Å². The summed E-state index contributed by atoms with van der Waals surface area (Å²) in [7, 11) is 0. The van der Waals surface area contributed by atoms with E-state index in [-0.39, 0.29) is 17.0 Å². The normalized spacial score (nSPS) is 16.9. The number of carbonyl (C=O) groups excluding carboxylic acids is 1. The zero-order chi connectivity index (χ0) is 14.8. The second-order valence-corrected chi connectivity index (χ2v) is 5.63. The molecule has 0 saturated heterocycles. The minimum absolute atomic E-state index is 0.114. The molecule has 0 unspecified atom stereocenters. The van der Waals surface area contributed by atoms with Gasteiger partial charge in [0, 0.05) is 17.6 Å². The van der Waals surface area contributed by atoms with Crippen LogP contribution in [0.2, 0.25) is 0 Å². The molecule has 5 nitrogen and oxygen atoms in total. The van der Waals surface area contributed by atoms with Gasteiger partial charge in [0.1, 0.15) is 0 Å². The van der Waals surface area contributed by atoms with Crippen LogP contribution in [0.5, 0.6) is 0 Å². The van der Waals surface area contributed by atoms with E-state index < -0.39 is 5.97 Å². The number of carbonyl (C=O) groups is 2. The van der Waals surface area contributed by atoms with Crippen LogP contribution in [-0.4, -0.2) is 22.5 Å². The lowest BCUT2D eigenvalue weighted by Crippen LogP contribution is -2.40. The number of nitrogens with two attached hydrogens (primary N) is 1. The minimum atomic E-state index is -0.966. The standard InChI is InChI=1S/C15H20N2O3/c1-10-8-11(4-5-12(10)14(19)20)17-13(18)9-15(16)6-2-3-7-15/h4-5,8H,2-3,6-7,9,16H2,1H3,(H,17,18)(H,19,20). The van der Waals surface area contributed by atoms with E-state index in [1.165, 1.54) is 6.07 Å². The third kappa shape index (κ3) is 3.36. The molecule has 1 aliphatic carbocycles. The maximum Gasteiger partial charge on any atom is 0.335 e. The van der Waals surface area contributed by atoms with E-state index in [1.54, 1.807) is 19.1 Å². The van der Waals surface area contributed by atoms with E-state index in [0.29, 0.717) is 17.7 Å². The monoisotopic (exact) mass is 276 g/mol. The lowest BCUT2D eigenvalue weighted by molar-refractivity contribution is -0.117. The van der Waals surface area contributed by atoms with Crippen LogP contribution in [0.25, 0.3) is 0 Å². The summed E-state index contributed by atoms with van der Waals surface area (Å²) in [4.78, 5) is 22.9. The Morgan fingerprint density at radius 3 is 2.55 bits per heavy atom. The van der Waals surface area contributed by atoms with Crippen LogP contribution >= 0.6 is 0 Å². The molecule has 108 valence electrons. The Balaban J connectivity index is 2.01. The second-order valence-electron chi connectivity index (χ2n) is 5.63. The highest BCUT2D eigenvalue weighted by Crippen LogP contribution is 2.30. The fourth-order valence-corrected chi connectivity index (χ4v) is 2.76. The largest absolute Gasteiger partial charge is 0.478 e. The molecule has 1 fully saturated rings. The Hall–Kier alpha value is -1.88. The third-order valence-corrected chi connectivity index (χ3v) is 3.85. The Kier molecular flexibility index (Phi) is 4.09. The van der Waals surface area contributed by atoms with Crippen molar-refractivity contribution in [2.45, 2.75) is 44.6 Å². The summed E-state index contributed by atoms with van der Waals surface area (Å²) in [6.45, 7) is 1.71. The Bertz CT molecular complexity index is 534. The van der Waals surface area contributed by atoms with Crippen molar-refractivity contribution in [3.8, 4) is 0 Å². The third-order valence-electron chi connectivity index (χ3n) is 3.85. The van der Waals surface area contributed by atoms with Gasteiger partial charge >= 0.3 is 5.97 Å². The highest BCUT2D eigenvalue weighted by molar-refractivity contribution is 5.93. The van der Waals surface area contributed by atoms with E-state index >= 15 is 0 Å². The number of benzene rings is 1. The van der Waals surface area contributed by atoms with Crippen LogP contribution in [0, 0.1) is 6.92 Å². The van der Waals surface area contributed by atoms with Gasteiger partial charge in [0.05, 0.1) is 5.56 Å². The van der Waals surface area contributed by atoms with E-state index in [9.17, 15) is 9.59 Å². The molecule has 0 aromatic heterocycles. The summed E-state index contributed by atoms with van der Waals surface area (Å²) in [5.74, 6) is -1.08. The molecule has 1 saturated carbocycles. The average Bonchev–Trinajstić information content (AvgIpc) is 2.74. The lowest BCUT2D eigenvalue weighted by atomic mass is 9.94. The van der Waals surface area contributed by atoms with Gasteiger partial charge in [-0.2, -0.15) is 0 Å². The molecule has 1 amide bonds. The van der Waals surface area contributed by atoms with Crippen molar-refractivity contribution in [1.82, 2.24) is 0 Å². The van der Waals surface area contributed by atoms with Crippen molar-refractivity contribution in [2.75, 3.05) is 5.32 Å². The SMILES string of the molecule is Cc1cc(NC(=O)CC2(N)CCCC2)ccc1C(=O)O. The Morgan fingerprint density at radius 1 is 1.35 bits per heavy atom. The van der Waals surface area contributed by atoms with Gasteiger partial charge in [-0.3, -0.25) is 4.79 Å². The number of carboxylic acids is 1. The average molecular weight is 276 g/mol. The fraction of sp³-hybridized carbons (Fsp3) is 0.467. The Morgan fingerprint density at radius 2 is 2.00 bits per heavy atom. The summed E-state index contributed by atoms with van der Waals surface area (Å²) in [6, 6.07) is 4.77. The molecule has 5 heteroatoms. The van der Waals surface area contributed by atoms with Crippen LogP contribution in [0.1, 0.15) is 48.0 Å². The van der Waals surface area contributed by atoms with Crippen LogP contribution in [-0.2, 0) is 4.79 Å². The molecule has 2 rings (SSSR count). The number of aryl methyl sites for hydroxylation is 1. The molecule has 0 atom stereocenters. The van der Waals surface area contributed by atoms with E-state index in [4.69, 9.17) is 10.8 Å². The summed E-state index contributed by atoms with van der Waals surface area (Å²) in [5.41, 5.74) is 7.27. The van der Waals surface area contributed by atoms with Gasteiger partial charge in [-0.15, -0.1) is 0 Å². The fourth-order valence-electron chi connectivity index (χ4n) is 2.76. The van der Waals surface area contributed by atoms with Gasteiger partial charge in [-0.05, 0) is 43.5 Å². The van der Waals surface area contributed by atoms with Gasteiger partial charge in [0.15, 0.2) is 0 Å². The molecule has 0 radical (unpaired) electrons. The van der Waals surface area contributed by atoms with Crippen molar-refractivity contribution in [3.63, 3.8) is 0 Å². The number of anilines is 1. The molecular weight excluding hydrogens is 256 g/mol. The zero-order valence-corrected chi connectivity index (χ0v) is 11.6. The molecule has 0 aliphatic heterocycles. The smallest absolute Gasteiger partial charge is 0.335 e. The quantitative estimate of drug-likeness (QED) is 0.786. The van der Waals surface area contributed by atoms with Crippen LogP contribution in [0.15, 0.2) is 18.2 Å². The molecule has 4 N–H and O–H groups in total. The van der Waals surface area contributed by atoms with E-state index in [1.807, 2.05) is 0 Å². The number of hydrogen-bond acceptors (Lipinski definition) is 3. The van der Waals surface area contributed by atoms with Crippen molar-refractivity contribution in [3.05, 3.63) is 29.3 Å². The van der Waals surface area contributed by atoms with Gasteiger partial charge in [-0.25, -0.2) is 4.79 Å². The van der Waals surface area contributed by atoms with Crippen molar-refractivity contribution >= 4 is 17.6 Å². The molecule has 0 bridgehead atoms. The van der Waals surface area contributed by atoms with Crippen molar-refractivity contribution in [1.29, 1.82) is 0 Å². The minimum Gasteiger partial charge on any atom is -0.478 e. The second kappa shape index (κ2) is 5.63. The first-order valence-electron chi connectivity index (χ1n) is 6.82. The maximum atomic E-state index is 12.0. The van der Waals surface area contributed by atoms with Crippen molar-refractivity contribution < 1.29 is 14.7 Å². The first-order valence-corrected chi connectivity index (χ1v) is 6.82. The van der Waals surface area contributed by atoms with Gasteiger partial charge in [0.2, 0.25) is 5.91 Å². The molecule has 20 heavy (non-hydrogen) atoms. The molecule has 1 aliphatic rings. The summed E-state index contributed by atoms with van der Waals surface area (Å²) >= 11 is 0. The van der Waals surface area contributed by atoms with Crippen LogP contribution in [0.4, 0.5) is 5.69 Å². The summed E-state index contributed by atoms with van der Waals surface area (Å²) < 4.78 is 0. The highest BCUT2D eigenvalue weighted by atomic mass is 16.4. The number of hydrogen-bond donors (Lipinski definition) is 3. The van der Waals surface area contributed by atoms with E-state index in [2.05, 4.69) is 5.32 Å². The first kappa shape index (κ1) is 14.5. The molecule has 1 aromatic carbocycles. The van der Waals surface area contributed by atoms with Crippen LogP contribution < -0.4 is 11.1 Å². The van der Waals surface area contributed by atoms with Gasteiger partial charge in [0.25, 0.3) is 0 Å². The predicted octanol–water partition coefficient (Wildman–Crippen LogP) is 2.29. The number of amides is 1. The zero-order valence-electron chi connectivity index (χ0n) is 11.6. The Labute approximate surface area is 118 Å². The highest BCUT2D eigenvalue weighted by Gasteiger charge is 2.31. The van der Waals surface area contributed by atoms with Gasteiger partial charge in [-0.1, -0.05) is 12.8 Å². The van der Waals surface area contributed by atoms with Crippen LogP contribution in [0.3, 0.4) is 0 Å².